The fourth-order valence-electron chi connectivity index (χ4n) is 2.54. The third-order valence-corrected chi connectivity index (χ3v) is 3.72. The summed E-state index contributed by atoms with van der Waals surface area (Å²) >= 11 is 0. The molecule has 0 amide bonds. The molecule has 112 valence electrons. The molecule has 22 heavy (non-hydrogen) atoms. The van der Waals surface area contributed by atoms with Gasteiger partial charge >= 0.3 is 0 Å². The summed E-state index contributed by atoms with van der Waals surface area (Å²) in [4.78, 5) is 11.1. The first kappa shape index (κ1) is 14.3. The maximum Gasteiger partial charge on any atom is 0.140 e. The van der Waals surface area contributed by atoms with Crippen LogP contribution in [0.25, 0.3) is 10.9 Å². The molecule has 3 rings (SSSR count). The average Bonchev–Trinajstić information content (AvgIpc) is 2.59. The zero-order valence-electron chi connectivity index (χ0n) is 12.9. The van der Waals surface area contributed by atoms with Crippen molar-refractivity contribution in [3.05, 3.63) is 60.4 Å². The van der Waals surface area contributed by atoms with Gasteiger partial charge in [0.05, 0.1) is 12.6 Å². The third kappa shape index (κ3) is 2.86. The first-order valence-corrected chi connectivity index (χ1v) is 7.39. The molecule has 1 aromatic heterocycles. The van der Waals surface area contributed by atoms with Crippen molar-refractivity contribution in [1.82, 2.24) is 9.97 Å². The molecule has 3 aromatic rings. The largest absolute Gasteiger partial charge is 0.497 e. The molecule has 0 aliphatic carbocycles. The zero-order chi connectivity index (χ0) is 15.4. The topological polar surface area (TPSA) is 38.2 Å². The molecule has 1 heterocycles. The fourth-order valence-corrected chi connectivity index (χ4v) is 2.54. The second-order valence-corrected chi connectivity index (χ2v) is 5.08. The Kier molecular flexibility index (Phi) is 4.19. The van der Waals surface area contributed by atoms with Gasteiger partial charge in [-0.05, 0) is 24.6 Å². The summed E-state index contributed by atoms with van der Waals surface area (Å²) in [6.07, 6.45) is 1.62. The van der Waals surface area contributed by atoms with E-state index in [1.54, 1.807) is 13.4 Å². The fraction of sp³-hybridized carbons (Fsp3) is 0.222. The van der Waals surface area contributed by atoms with Crippen molar-refractivity contribution in [3.8, 4) is 5.75 Å². The summed E-state index contributed by atoms with van der Waals surface area (Å²) in [5.41, 5.74) is 2.17. The zero-order valence-corrected chi connectivity index (χ0v) is 12.9. The summed E-state index contributed by atoms with van der Waals surface area (Å²) in [6.45, 7) is 3.85. The molecular formula is C18H19N3O. The maximum atomic E-state index is 5.27. The van der Waals surface area contributed by atoms with E-state index in [0.29, 0.717) is 0 Å². The number of fused-ring (bicyclic) bond motifs is 1. The molecule has 0 unspecified atom stereocenters. The number of hydrogen-bond donors (Lipinski definition) is 0. The summed E-state index contributed by atoms with van der Waals surface area (Å²) in [7, 11) is 1.66. The van der Waals surface area contributed by atoms with Crippen LogP contribution in [0.15, 0.2) is 54.9 Å². The van der Waals surface area contributed by atoms with E-state index in [1.165, 1.54) is 5.56 Å². The van der Waals surface area contributed by atoms with Crippen molar-refractivity contribution >= 4 is 16.7 Å². The Bertz CT molecular complexity index is 759. The van der Waals surface area contributed by atoms with Crippen molar-refractivity contribution < 1.29 is 4.74 Å². The van der Waals surface area contributed by atoms with Crippen LogP contribution >= 0.6 is 0 Å². The Balaban J connectivity index is 2.00. The van der Waals surface area contributed by atoms with E-state index in [9.17, 15) is 0 Å². The first-order chi connectivity index (χ1) is 10.8. The normalized spacial score (nSPS) is 10.6. The van der Waals surface area contributed by atoms with Gasteiger partial charge in [0.15, 0.2) is 0 Å². The Labute approximate surface area is 130 Å². The van der Waals surface area contributed by atoms with E-state index in [4.69, 9.17) is 4.74 Å². The molecule has 4 heteroatoms. The lowest BCUT2D eigenvalue weighted by Crippen LogP contribution is -2.23. The predicted molar refractivity (Wildman–Crippen MR) is 89.3 cm³/mol. The first-order valence-electron chi connectivity index (χ1n) is 7.39. The number of rotatable bonds is 5. The van der Waals surface area contributed by atoms with Crippen molar-refractivity contribution in [3.63, 3.8) is 0 Å². The molecule has 0 saturated heterocycles. The van der Waals surface area contributed by atoms with Crippen molar-refractivity contribution in [1.29, 1.82) is 0 Å². The summed E-state index contributed by atoms with van der Waals surface area (Å²) in [6, 6.07) is 16.3. The van der Waals surface area contributed by atoms with Crippen LogP contribution in [0, 0.1) is 0 Å². The van der Waals surface area contributed by atoms with Crippen LogP contribution in [0.3, 0.4) is 0 Å². The number of aromatic nitrogens is 2. The molecule has 0 radical (unpaired) electrons. The van der Waals surface area contributed by atoms with Gasteiger partial charge in [-0.1, -0.05) is 30.3 Å². The number of methoxy groups -OCH3 is 1. The highest BCUT2D eigenvalue weighted by atomic mass is 16.5. The summed E-state index contributed by atoms with van der Waals surface area (Å²) in [5.74, 6) is 1.77. The molecule has 0 bridgehead atoms. The van der Waals surface area contributed by atoms with Gasteiger partial charge in [0.1, 0.15) is 17.9 Å². The predicted octanol–water partition coefficient (Wildman–Crippen LogP) is 3.66. The lowest BCUT2D eigenvalue weighted by molar-refractivity contribution is 0.415. The van der Waals surface area contributed by atoms with Gasteiger partial charge in [0, 0.05) is 24.5 Å². The summed E-state index contributed by atoms with van der Waals surface area (Å²) in [5, 5.41) is 1.04. The average molecular weight is 293 g/mol. The number of benzene rings is 2. The van der Waals surface area contributed by atoms with E-state index in [1.807, 2.05) is 24.3 Å². The van der Waals surface area contributed by atoms with Crippen LogP contribution in [0.2, 0.25) is 0 Å². The smallest absolute Gasteiger partial charge is 0.140 e. The Morgan fingerprint density at radius 2 is 1.86 bits per heavy atom. The lowest BCUT2D eigenvalue weighted by Gasteiger charge is -2.23. The molecule has 4 nitrogen and oxygen atoms in total. The molecule has 0 fully saturated rings. The molecule has 0 atom stereocenters. The van der Waals surface area contributed by atoms with E-state index >= 15 is 0 Å². The van der Waals surface area contributed by atoms with Crippen LogP contribution in [0.4, 0.5) is 5.82 Å². The highest BCUT2D eigenvalue weighted by molar-refractivity contribution is 5.90. The minimum atomic E-state index is 0.809. The van der Waals surface area contributed by atoms with Gasteiger partial charge < -0.3 is 9.64 Å². The van der Waals surface area contributed by atoms with Crippen molar-refractivity contribution in [2.24, 2.45) is 0 Å². The molecule has 2 aromatic carbocycles. The van der Waals surface area contributed by atoms with E-state index in [2.05, 4.69) is 46.1 Å². The number of ether oxygens (including phenoxy) is 1. The molecule has 0 spiro atoms. The molecule has 0 aliphatic rings. The maximum absolute atomic E-state index is 5.27. The van der Waals surface area contributed by atoms with Crippen molar-refractivity contribution in [2.75, 3.05) is 18.6 Å². The second-order valence-electron chi connectivity index (χ2n) is 5.08. The van der Waals surface area contributed by atoms with Crippen LogP contribution in [0.5, 0.6) is 5.75 Å². The second kappa shape index (κ2) is 6.43. The number of anilines is 1. The standard InChI is InChI=1S/C18H19N3O/c1-3-21(12-14-7-5-4-6-8-14)18-16-10-9-15(22-2)11-17(16)19-13-20-18/h4-11,13H,3,12H2,1-2H3. The van der Waals surface area contributed by atoms with Crippen molar-refractivity contribution in [2.45, 2.75) is 13.5 Å². The van der Waals surface area contributed by atoms with Crippen LogP contribution in [0.1, 0.15) is 12.5 Å². The lowest BCUT2D eigenvalue weighted by atomic mass is 10.2. The monoisotopic (exact) mass is 293 g/mol. The van der Waals surface area contributed by atoms with Gasteiger partial charge in [-0.3, -0.25) is 0 Å². The van der Waals surface area contributed by atoms with Gasteiger partial charge in [-0.25, -0.2) is 9.97 Å². The SMILES string of the molecule is CCN(Cc1ccccc1)c1ncnc2cc(OC)ccc12. The number of nitrogens with zero attached hydrogens (tertiary/aromatic N) is 3. The van der Waals surface area contributed by atoms with E-state index in [-0.39, 0.29) is 0 Å². The molecule has 0 N–H and O–H groups in total. The van der Waals surface area contributed by atoms with E-state index in [0.717, 1.165) is 35.6 Å². The van der Waals surface area contributed by atoms with E-state index < -0.39 is 0 Å². The minimum absolute atomic E-state index is 0.809. The van der Waals surface area contributed by atoms with Crippen LogP contribution in [-0.4, -0.2) is 23.6 Å². The van der Waals surface area contributed by atoms with Gasteiger partial charge in [-0.2, -0.15) is 0 Å². The third-order valence-electron chi connectivity index (χ3n) is 3.72. The van der Waals surface area contributed by atoms with Crippen LogP contribution < -0.4 is 9.64 Å². The highest BCUT2D eigenvalue weighted by Gasteiger charge is 2.12. The van der Waals surface area contributed by atoms with Gasteiger partial charge in [-0.15, -0.1) is 0 Å². The Morgan fingerprint density at radius 1 is 1.05 bits per heavy atom. The highest BCUT2D eigenvalue weighted by Crippen LogP contribution is 2.27. The van der Waals surface area contributed by atoms with Gasteiger partial charge in [0.25, 0.3) is 0 Å². The van der Waals surface area contributed by atoms with Crippen LogP contribution in [-0.2, 0) is 6.54 Å². The Hall–Kier alpha value is -2.62. The van der Waals surface area contributed by atoms with Gasteiger partial charge in [0.2, 0.25) is 0 Å². The summed E-state index contributed by atoms with van der Waals surface area (Å²) < 4.78 is 5.27. The minimum Gasteiger partial charge on any atom is -0.497 e. The quantitative estimate of drug-likeness (QED) is 0.719. The number of hydrogen-bond acceptors (Lipinski definition) is 4. The molecular weight excluding hydrogens is 274 g/mol. The Morgan fingerprint density at radius 3 is 2.59 bits per heavy atom. The molecule has 0 saturated carbocycles. The molecule has 0 aliphatic heterocycles.